The largest absolute Gasteiger partial charge is 0.481 e. The highest BCUT2D eigenvalue weighted by Crippen LogP contribution is 2.51. The van der Waals surface area contributed by atoms with Gasteiger partial charge in [0.15, 0.2) is 6.10 Å². The fourth-order valence-electron chi connectivity index (χ4n) is 6.43. The van der Waals surface area contributed by atoms with Gasteiger partial charge in [-0.25, -0.2) is 14.2 Å². The van der Waals surface area contributed by atoms with Crippen molar-refractivity contribution in [1.82, 2.24) is 4.98 Å². The Morgan fingerprint density at radius 3 is 2.28 bits per heavy atom. The number of alkyl halides is 6. The Kier molecular flexibility index (Phi) is 7.97. The highest BCUT2D eigenvalue weighted by Gasteiger charge is 2.46. The van der Waals surface area contributed by atoms with Gasteiger partial charge in [-0.1, -0.05) is 17.3 Å². The summed E-state index contributed by atoms with van der Waals surface area (Å²) in [6.07, 6.45) is -8.43. The number of carboxylic acid groups (broad SMARTS) is 1. The quantitative estimate of drug-likeness (QED) is 0.209. The maximum Gasteiger partial charge on any atom is 0.416 e. The number of aryl methyl sites for hydroxylation is 1. The lowest BCUT2D eigenvalue weighted by Crippen LogP contribution is -2.17. The Bertz CT molecular complexity index is 1920. The monoisotopic (exact) mass is 658 g/mol. The molecule has 6 rings (SSSR count). The highest BCUT2D eigenvalue weighted by atomic mass is 19.4. The second-order valence-corrected chi connectivity index (χ2v) is 11.5. The minimum absolute atomic E-state index is 0.0751. The van der Waals surface area contributed by atoms with E-state index in [0.717, 1.165) is 24.3 Å². The van der Waals surface area contributed by atoms with Crippen molar-refractivity contribution in [3.63, 3.8) is 0 Å². The van der Waals surface area contributed by atoms with E-state index in [0.29, 0.717) is 52.4 Å². The van der Waals surface area contributed by atoms with Gasteiger partial charge in [-0.2, -0.15) is 26.3 Å². The summed E-state index contributed by atoms with van der Waals surface area (Å²) in [4.78, 5) is 21.4. The van der Waals surface area contributed by atoms with E-state index in [-0.39, 0.29) is 22.6 Å². The molecule has 0 spiro atoms. The van der Waals surface area contributed by atoms with Gasteiger partial charge in [0.1, 0.15) is 5.82 Å². The standard InChI is InChI=1S/C34H25F7N2O4/c1-16-9-17(32(44)45)3-5-23(16)19-12-28(31(46-2)42-15-19)24-6-4-20(33(36,37)38)14-27(24)25-7-8-26-29(25)43-47-30(26)18-10-21(34(39,40)41)13-22(35)11-18/h3-6,9-15,25-26,30H,7-8H2,1-2H3,(H,44,45). The molecule has 2 aliphatic rings. The number of aromatic nitrogens is 1. The van der Waals surface area contributed by atoms with Crippen LogP contribution in [0.25, 0.3) is 22.3 Å². The van der Waals surface area contributed by atoms with Gasteiger partial charge < -0.3 is 14.7 Å². The predicted octanol–water partition coefficient (Wildman–Crippen LogP) is 9.23. The number of aromatic carboxylic acids is 1. The summed E-state index contributed by atoms with van der Waals surface area (Å²) in [7, 11) is 1.36. The van der Waals surface area contributed by atoms with Crippen LogP contribution in [-0.4, -0.2) is 28.9 Å². The van der Waals surface area contributed by atoms with Gasteiger partial charge in [0.05, 0.1) is 29.5 Å². The number of methoxy groups -OCH3 is 1. The number of oxime groups is 1. The van der Waals surface area contributed by atoms with Crippen LogP contribution in [0.4, 0.5) is 30.7 Å². The summed E-state index contributed by atoms with van der Waals surface area (Å²) in [5.74, 6) is -3.41. The summed E-state index contributed by atoms with van der Waals surface area (Å²) < 4.78 is 102. The molecular weight excluding hydrogens is 633 g/mol. The number of halogens is 7. The molecule has 0 radical (unpaired) electrons. The first-order valence-corrected chi connectivity index (χ1v) is 14.4. The van der Waals surface area contributed by atoms with Crippen molar-refractivity contribution < 1.29 is 50.2 Å². The molecule has 13 heteroatoms. The maximum absolute atomic E-state index is 14.3. The number of rotatable bonds is 6. The Morgan fingerprint density at radius 2 is 1.62 bits per heavy atom. The van der Waals surface area contributed by atoms with Crippen molar-refractivity contribution in [3.8, 4) is 28.1 Å². The molecule has 1 N–H and O–H groups in total. The SMILES string of the molecule is COc1ncc(-c2ccc(C(=O)O)cc2C)cc1-c1ccc(C(F)(F)F)cc1C1CCC2C1=NOC2c1cc(F)cc(C(F)(F)F)c1. The van der Waals surface area contributed by atoms with Crippen molar-refractivity contribution in [2.45, 2.75) is 44.1 Å². The van der Waals surface area contributed by atoms with Crippen molar-refractivity contribution >= 4 is 11.7 Å². The Balaban J connectivity index is 1.44. The predicted molar refractivity (Wildman–Crippen MR) is 156 cm³/mol. The summed E-state index contributed by atoms with van der Waals surface area (Å²) in [6.45, 7) is 1.72. The van der Waals surface area contributed by atoms with Crippen LogP contribution in [0.5, 0.6) is 5.88 Å². The molecule has 4 aromatic rings. The number of nitrogens with zero attached hydrogens (tertiary/aromatic N) is 2. The van der Waals surface area contributed by atoms with E-state index in [1.165, 1.54) is 31.5 Å². The maximum atomic E-state index is 14.3. The van der Waals surface area contributed by atoms with Crippen LogP contribution in [0, 0.1) is 18.7 Å². The summed E-state index contributed by atoms with van der Waals surface area (Å²) >= 11 is 0. The molecule has 1 aliphatic heterocycles. The lowest BCUT2D eigenvalue weighted by molar-refractivity contribution is -0.138. The third-order valence-corrected chi connectivity index (χ3v) is 8.59. The van der Waals surface area contributed by atoms with Crippen LogP contribution in [0.2, 0.25) is 0 Å². The van der Waals surface area contributed by atoms with Gasteiger partial charge in [0, 0.05) is 29.2 Å². The third-order valence-electron chi connectivity index (χ3n) is 8.59. The Hall–Kier alpha value is -4.94. The van der Waals surface area contributed by atoms with Gasteiger partial charge in [-0.05, 0) is 96.1 Å². The fourth-order valence-corrected chi connectivity index (χ4v) is 6.43. The topological polar surface area (TPSA) is 81.0 Å². The zero-order chi connectivity index (χ0) is 33.8. The van der Waals surface area contributed by atoms with Gasteiger partial charge >= 0.3 is 18.3 Å². The average molecular weight is 659 g/mol. The number of pyridine rings is 1. The first kappa shape index (κ1) is 32.0. The van der Waals surface area contributed by atoms with Crippen molar-refractivity contribution in [2.75, 3.05) is 7.11 Å². The molecule has 0 saturated heterocycles. The highest BCUT2D eigenvalue weighted by molar-refractivity contribution is 5.98. The second kappa shape index (κ2) is 11.7. The lowest BCUT2D eigenvalue weighted by Gasteiger charge is -2.20. The smallest absolute Gasteiger partial charge is 0.416 e. The molecule has 6 nitrogen and oxygen atoms in total. The van der Waals surface area contributed by atoms with E-state index in [2.05, 4.69) is 10.1 Å². The summed E-state index contributed by atoms with van der Waals surface area (Å²) in [5, 5.41) is 13.5. The van der Waals surface area contributed by atoms with E-state index in [4.69, 9.17) is 9.57 Å². The zero-order valence-electron chi connectivity index (χ0n) is 24.7. The van der Waals surface area contributed by atoms with Gasteiger partial charge in [0.2, 0.25) is 5.88 Å². The van der Waals surface area contributed by atoms with E-state index in [1.807, 2.05) is 0 Å². The average Bonchev–Trinajstić information content (AvgIpc) is 3.62. The molecule has 1 aromatic heterocycles. The number of ether oxygens (including phenoxy) is 1. The van der Waals surface area contributed by atoms with Crippen LogP contribution in [0.3, 0.4) is 0 Å². The molecule has 3 unspecified atom stereocenters. The molecule has 3 aromatic carbocycles. The number of hydrogen-bond donors (Lipinski definition) is 1. The Labute approximate surface area is 263 Å². The molecule has 2 heterocycles. The first-order chi connectivity index (χ1) is 22.2. The van der Waals surface area contributed by atoms with Crippen molar-refractivity contribution in [1.29, 1.82) is 0 Å². The fraction of sp³-hybridized carbons (Fsp3) is 0.265. The van der Waals surface area contributed by atoms with E-state index < -0.39 is 53.2 Å². The molecular formula is C34H25F7N2O4. The zero-order valence-corrected chi connectivity index (χ0v) is 24.7. The lowest BCUT2D eigenvalue weighted by atomic mass is 9.85. The van der Waals surface area contributed by atoms with Gasteiger partial charge in [-0.3, -0.25) is 0 Å². The third kappa shape index (κ3) is 6.01. The minimum Gasteiger partial charge on any atom is -0.481 e. The molecule has 1 aliphatic carbocycles. The van der Waals surface area contributed by atoms with Crippen molar-refractivity contribution in [2.24, 2.45) is 11.1 Å². The number of fused-ring (bicyclic) bond motifs is 1. The summed E-state index contributed by atoms with van der Waals surface area (Å²) in [6, 6.07) is 11.6. The van der Waals surface area contributed by atoms with Gasteiger partial charge in [0.25, 0.3) is 0 Å². The van der Waals surface area contributed by atoms with Gasteiger partial charge in [-0.15, -0.1) is 0 Å². The molecule has 0 amide bonds. The molecule has 1 saturated carbocycles. The number of carboxylic acids is 1. The molecule has 47 heavy (non-hydrogen) atoms. The Morgan fingerprint density at radius 1 is 0.894 bits per heavy atom. The minimum atomic E-state index is -4.80. The van der Waals surface area contributed by atoms with E-state index in [9.17, 15) is 40.6 Å². The van der Waals surface area contributed by atoms with Crippen LogP contribution in [0.15, 0.2) is 72.0 Å². The second-order valence-electron chi connectivity index (χ2n) is 11.5. The van der Waals surface area contributed by atoms with E-state index in [1.54, 1.807) is 19.1 Å². The van der Waals surface area contributed by atoms with Crippen molar-refractivity contribution in [3.05, 3.63) is 106 Å². The molecule has 0 bridgehead atoms. The van der Waals surface area contributed by atoms with Crippen LogP contribution in [0.1, 0.15) is 63.0 Å². The molecule has 244 valence electrons. The normalized spacial score (nSPS) is 19.3. The number of benzene rings is 3. The van der Waals surface area contributed by atoms with E-state index >= 15 is 0 Å². The van der Waals surface area contributed by atoms with Crippen LogP contribution < -0.4 is 4.74 Å². The number of carbonyl (C=O) groups is 1. The molecule has 3 atom stereocenters. The molecule has 1 fully saturated rings. The first-order valence-electron chi connectivity index (χ1n) is 14.4. The van der Waals surface area contributed by atoms with Crippen LogP contribution >= 0.6 is 0 Å². The summed E-state index contributed by atoms with van der Waals surface area (Å²) in [5.41, 5.74) is 1.01. The number of hydrogen-bond acceptors (Lipinski definition) is 5. The van der Waals surface area contributed by atoms with Crippen LogP contribution in [-0.2, 0) is 17.2 Å².